The number of carbonyl (C=O) groups excluding carboxylic acids is 1. The number of phosphoric ester groups is 1. The molecule has 0 aromatic carbocycles. The molecule has 9 heteroatoms. The van der Waals surface area contributed by atoms with Crippen LogP contribution in [0.1, 0.15) is 65.0 Å². The number of hydrogen-bond acceptors (Lipinski definition) is 5. The van der Waals surface area contributed by atoms with Gasteiger partial charge in [-0.2, -0.15) is 0 Å². The van der Waals surface area contributed by atoms with Gasteiger partial charge in [0, 0.05) is 12.4 Å². The molecule has 0 saturated carbocycles. The molecule has 3 N–H and O–H groups in total. The van der Waals surface area contributed by atoms with Crippen LogP contribution in [0.3, 0.4) is 0 Å². The molecule has 0 aliphatic heterocycles. The third kappa shape index (κ3) is 11.2. The van der Waals surface area contributed by atoms with Crippen molar-refractivity contribution in [2.75, 3.05) is 6.61 Å². The highest BCUT2D eigenvalue weighted by molar-refractivity contribution is 7.46. The molecule has 1 aromatic rings. The van der Waals surface area contributed by atoms with Gasteiger partial charge in [0.1, 0.15) is 0 Å². The molecule has 2 unspecified atom stereocenters. The number of rotatable bonds is 10. The van der Waals surface area contributed by atoms with E-state index in [1.165, 1.54) is 13.1 Å². The SMILES string of the molecule is CC.CCCCCCOC(=O)NC(c1cccnc1)C(C)OP(=O)(O)O. The molecule has 1 amide bonds. The van der Waals surface area contributed by atoms with Crippen molar-refractivity contribution in [2.24, 2.45) is 0 Å². The molecular formula is C17H31N2O6P. The van der Waals surface area contributed by atoms with Gasteiger partial charge in [0.05, 0.1) is 18.8 Å². The normalized spacial score (nSPS) is 13.2. The Morgan fingerprint density at radius 1 is 1.31 bits per heavy atom. The minimum Gasteiger partial charge on any atom is -0.450 e. The minimum atomic E-state index is -4.69. The van der Waals surface area contributed by atoms with Crippen LogP contribution < -0.4 is 5.32 Å². The van der Waals surface area contributed by atoms with Gasteiger partial charge in [0.25, 0.3) is 0 Å². The number of aromatic nitrogens is 1. The van der Waals surface area contributed by atoms with Crippen LogP contribution >= 0.6 is 7.82 Å². The number of nitrogens with one attached hydrogen (secondary N) is 1. The zero-order valence-corrected chi connectivity index (χ0v) is 16.8. The molecule has 0 fully saturated rings. The highest BCUT2D eigenvalue weighted by atomic mass is 31.2. The Bertz CT molecular complexity index is 537. The maximum absolute atomic E-state index is 11.9. The van der Waals surface area contributed by atoms with Crippen LogP contribution in [-0.2, 0) is 13.8 Å². The molecule has 0 saturated heterocycles. The Morgan fingerprint density at radius 2 is 2.00 bits per heavy atom. The number of ether oxygens (including phenoxy) is 1. The second-order valence-electron chi connectivity index (χ2n) is 5.41. The van der Waals surface area contributed by atoms with Gasteiger partial charge < -0.3 is 19.8 Å². The summed E-state index contributed by atoms with van der Waals surface area (Å²) < 4.78 is 20.8. The molecular weight excluding hydrogens is 359 g/mol. The summed E-state index contributed by atoms with van der Waals surface area (Å²) in [5.74, 6) is 0. The lowest BCUT2D eigenvalue weighted by molar-refractivity contribution is 0.0992. The van der Waals surface area contributed by atoms with E-state index in [1.54, 1.807) is 18.3 Å². The number of amides is 1. The topological polar surface area (TPSA) is 118 Å². The molecule has 26 heavy (non-hydrogen) atoms. The van der Waals surface area contributed by atoms with E-state index in [-0.39, 0.29) is 0 Å². The van der Waals surface area contributed by atoms with E-state index in [0.717, 1.165) is 25.7 Å². The second kappa shape index (κ2) is 13.7. The van der Waals surface area contributed by atoms with Gasteiger partial charge in [0.2, 0.25) is 0 Å². The lowest BCUT2D eigenvalue weighted by Crippen LogP contribution is -2.36. The van der Waals surface area contributed by atoms with E-state index in [1.807, 2.05) is 13.8 Å². The molecule has 8 nitrogen and oxygen atoms in total. The van der Waals surface area contributed by atoms with E-state index >= 15 is 0 Å². The monoisotopic (exact) mass is 390 g/mol. The molecule has 0 aliphatic carbocycles. The summed E-state index contributed by atoms with van der Waals surface area (Å²) in [6.45, 7) is 7.84. The number of nitrogens with zero attached hydrogens (tertiary/aromatic N) is 1. The summed E-state index contributed by atoms with van der Waals surface area (Å²) in [6, 6.07) is 2.54. The first-order valence-corrected chi connectivity index (χ1v) is 10.4. The Balaban J connectivity index is 0.00000301. The van der Waals surface area contributed by atoms with Crippen molar-refractivity contribution in [3.8, 4) is 0 Å². The van der Waals surface area contributed by atoms with E-state index in [2.05, 4.69) is 21.7 Å². The summed E-state index contributed by atoms with van der Waals surface area (Å²) in [5, 5.41) is 2.58. The average molecular weight is 390 g/mol. The first-order valence-electron chi connectivity index (χ1n) is 8.90. The van der Waals surface area contributed by atoms with Crippen LogP contribution in [0.2, 0.25) is 0 Å². The predicted molar refractivity (Wildman–Crippen MR) is 99.5 cm³/mol. The molecule has 1 rings (SSSR count). The van der Waals surface area contributed by atoms with Crippen LogP contribution in [0.5, 0.6) is 0 Å². The van der Waals surface area contributed by atoms with Gasteiger partial charge in [-0.15, -0.1) is 0 Å². The third-order valence-electron chi connectivity index (χ3n) is 3.32. The fourth-order valence-corrected chi connectivity index (χ4v) is 2.73. The van der Waals surface area contributed by atoms with Crippen LogP contribution in [0, 0.1) is 0 Å². The Kier molecular flexibility index (Phi) is 12.9. The largest absolute Gasteiger partial charge is 0.469 e. The third-order valence-corrected chi connectivity index (χ3v) is 3.93. The molecule has 1 aromatic heterocycles. The van der Waals surface area contributed by atoms with E-state index in [0.29, 0.717) is 12.2 Å². The van der Waals surface area contributed by atoms with Gasteiger partial charge in [0.15, 0.2) is 0 Å². The van der Waals surface area contributed by atoms with E-state index < -0.39 is 26.1 Å². The lowest BCUT2D eigenvalue weighted by atomic mass is 10.1. The Morgan fingerprint density at radius 3 is 2.54 bits per heavy atom. The van der Waals surface area contributed by atoms with Crippen LogP contribution in [0.25, 0.3) is 0 Å². The quantitative estimate of drug-likeness (QED) is 0.409. The van der Waals surface area contributed by atoms with Gasteiger partial charge in [-0.3, -0.25) is 9.51 Å². The fourth-order valence-electron chi connectivity index (χ4n) is 2.17. The summed E-state index contributed by atoms with van der Waals surface area (Å²) in [6.07, 6.45) is 5.33. The standard InChI is InChI=1S/C15H25N2O6P.C2H6/c1-3-4-5-6-10-22-15(18)17-14(12(2)23-24(19,20)21)13-8-7-9-16-11-13;1-2/h7-9,11-12,14H,3-6,10H2,1-2H3,(H,17,18)(H2,19,20,21);1-2H3. The van der Waals surface area contributed by atoms with Crippen molar-refractivity contribution in [2.45, 2.75) is 65.5 Å². The molecule has 0 bridgehead atoms. The Hall–Kier alpha value is -1.47. The van der Waals surface area contributed by atoms with Crippen molar-refractivity contribution in [3.63, 3.8) is 0 Å². The highest BCUT2D eigenvalue weighted by Crippen LogP contribution is 2.40. The first kappa shape index (κ1) is 24.5. The predicted octanol–water partition coefficient (Wildman–Crippen LogP) is 3.95. The van der Waals surface area contributed by atoms with Crippen LogP contribution in [-0.4, -0.2) is 33.6 Å². The number of hydrogen-bond donors (Lipinski definition) is 3. The van der Waals surface area contributed by atoms with Gasteiger partial charge in [-0.1, -0.05) is 46.1 Å². The maximum Gasteiger partial charge on any atom is 0.469 e. The summed E-state index contributed by atoms with van der Waals surface area (Å²) in [4.78, 5) is 33.8. The average Bonchev–Trinajstić information content (AvgIpc) is 2.60. The zero-order chi connectivity index (χ0) is 20.0. The number of phosphoric acid groups is 1. The van der Waals surface area contributed by atoms with Crippen molar-refractivity contribution in [1.82, 2.24) is 10.3 Å². The van der Waals surface area contributed by atoms with E-state index in [9.17, 15) is 9.36 Å². The summed E-state index contributed by atoms with van der Waals surface area (Å²) in [5.41, 5.74) is 0.557. The molecule has 0 aliphatic rings. The van der Waals surface area contributed by atoms with Crippen LogP contribution in [0.15, 0.2) is 24.5 Å². The molecule has 1 heterocycles. The number of carbonyl (C=O) groups is 1. The molecule has 0 radical (unpaired) electrons. The van der Waals surface area contributed by atoms with Crippen molar-refractivity contribution < 1.29 is 28.4 Å². The Labute approximate surface area is 155 Å². The van der Waals surface area contributed by atoms with Crippen LogP contribution in [0.4, 0.5) is 4.79 Å². The maximum atomic E-state index is 11.9. The smallest absolute Gasteiger partial charge is 0.450 e. The number of unbranched alkanes of at least 4 members (excludes halogenated alkanes) is 3. The number of pyridine rings is 1. The molecule has 2 atom stereocenters. The minimum absolute atomic E-state index is 0.291. The fraction of sp³-hybridized carbons (Fsp3) is 0.647. The first-order chi connectivity index (χ1) is 12.3. The van der Waals surface area contributed by atoms with E-state index in [4.69, 9.17) is 14.5 Å². The van der Waals surface area contributed by atoms with Crippen molar-refractivity contribution >= 4 is 13.9 Å². The van der Waals surface area contributed by atoms with Gasteiger partial charge >= 0.3 is 13.9 Å². The second-order valence-corrected chi connectivity index (χ2v) is 6.60. The number of alkyl carbamates (subject to hydrolysis) is 1. The van der Waals surface area contributed by atoms with Crippen molar-refractivity contribution in [3.05, 3.63) is 30.1 Å². The molecule has 0 spiro atoms. The molecule has 150 valence electrons. The van der Waals surface area contributed by atoms with Gasteiger partial charge in [-0.05, 0) is 25.0 Å². The van der Waals surface area contributed by atoms with Gasteiger partial charge in [-0.25, -0.2) is 9.36 Å². The van der Waals surface area contributed by atoms with Crippen molar-refractivity contribution in [1.29, 1.82) is 0 Å². The lowest BCUT2D eigenvalue weighted by Gasteiger charge is -2.25. The highest BCUT2D eigenvalue weighted by Gasteiger charge is 2.29. The summed E-state index contributed by atoms with van der Waals surface area (Å²) in [7, 11) is -4.69. The zero-order valence-electron chi connectivity index (χ0n) is 15.9. The summed E-state index contributed by atoms with van der Waals surface area (Å²) >= 11 is 0.